The van der Waals surface area contributed by atoms with E-state index in [1.807, 2.05) is 87.5 Å². The predicted molar refractivity (Wildman–Crippen MR) is 128 cm³/mol. The number of para-hydroxylation sites is 1. The molecule has 1 aromatic heterocycles. The van der Waals surface area contributed by atoms with Crippen LogP contribution in [0.5, 0.6) is 11.5 Å². The van der Waals surface area contributed by atoms with E-state index >= 15 is 0 Å². The molecule has 0 radical (unpaired) electrons. The Morgan fingerprint density at radius 2 is 1.75 bits per heavy atom. The van der Waals surface area contributed by atoms with Crippen molar-refractivity contribution in [3.63, 3.8) is 0 Å². The van der Waals surface area contributed by atoms with Gasteiger partial charge in [-0.2, -0.15) is 9.78 Å². The number of rotatable bonds is 7. The summed E-state index contributed by atoms with van der Waals surface area (Å²) in [6.45, 7) is 6.37. The molecule has 6 heteroatoms. The standard InChI is InChI=1S/C26H25N3O3/c1-4-31-24-16-19(14-15-23(24)32-18(2)3)17-27-29-25(20-10-6-5-7-11-20)28-22-13-9-8-12-21(22)26(29)30/h5-18H,4H2,1-3H3. The first kappa shape index (κ1) is 21.3. The maximum Gasteiger partial charge on any atom is 0.282 e. The molecule has 0 aliphatic carbocycles. The number of hydrogen-bond donors (Lipinski definition) is 0. The topological polar surface area (TPSA) is 65.7 Å². The van der Waals surface area contributed by atoms with Crippen LogP contribution in [0.25, 0.3) is 22.3 Å². The summed E-state index contributed by atoms with van der Waals surface area (Å²) in [7, 11) is 0. The van der Waals surface area contributed by atoms with Crippen molar-refractivity contribution in [3.05, 3.63) is 88.7 Å². The molecular formula is C26H25N3O3. The summed E-state index contributed by atoms with van der Waals surface area (Å²) >= 11 is 0. The molecule has 0 aliphatic heterocycles. The highest BCUT2D eigenvalue weighted by molar-refractivity contribution is 5.82. The van der Waals surface area contributed by atoms with Gasteiger partial charge < -0.3 is 9.47 Å². The molecule has 3 aromatic carbocycles. The van der Waals surface area contributed by atoms with E-state index in [0.29, 0.717) is 34.8 Å². The number of nitrogens with zero attached hydrogens (tertiary/aromatic N) is 3. The summed E-state index contributed by atoms with van der Waals surface area (Å²) in [5, 5.41) is 5.03. The molecular weight excluding hydrogens is 402 g/mol. The smallest absolute Gasteiger partial charge is 0.282 e. The molecule has 0 atom stereocenters. The number of ether oxygens (including phenoxy) is 2. The van der Waals surface area contributed by atoms with Gasteiger partial charge in [0.2, 0.25) is 0 Å². The zero-order valence-electron chi connectivity index (χ0n) is 18.4. The number of fused-ring (bicyclic) bond motifs is 1. The van der Waals surface area contributed by atoms with E-state index in [1.54, 1.807) is 12.3 Å². The van der Waals surface area contributed by atoms with Crippen LogP contribution in [0.15, 0.2) is 82.7 Å². The summed E-state index contributed by atoms with van der Waals surface area (Å²) in [4.78, 5) is 18.0. The second-order valence-electron chi connectivity index (χ2n) is 7.49. The van der Waals surface area contributed by atoms with Gasteiger partial charge in [-0.15, -0.1) is 0 Å². The monoisotopic (exact) mass is 427 g/mol. The fourth-order valence-corrected chi connectivity index (χ4v) is 3.35. The van der Waals surface area contributed by atoms with Crippen molar-refractivity contribution in [3.8, 4) is 22.9 Å². The second kappa shape index (κ2) is 9.47. The minimum absolute atomic E-state index is 0.0319. The summed E-state index contributed by atoms with van der Waals surface area (Å²) in [5.41, 5.74) is 2.00. The van der Waals surface area contributed by atoms with Crippen LogP contribution >= 0.6 is 0 Å². The molecule has 162 valence electrons. The molecule has 0 aliphatic rings. The Morgan fingerprint density at radius 3 is 2.50 bits per heavy atom. The lowest BCUT2D eigenvalue weighted by Crippen LogP contribution is -2.20. The average Bonchev–Trinajstić information content (AvgIpc) is 2.80. The minimum atomic E-state index is -0.226. The lowest BCUT2D eigenvalue weighted by atomic mass is 10.2. The van der Waals surface area contributed by atoms with Crippen LogP contribution in [0.1, 0.15) is 26.3 Å². The van der Waals surface area contributed by atoms with Crippen molar-refractivity contribution in [2.45, 2.75) is 26.9 Å². The normalized spacial score (nSPS) is 11.4. The molecule has 0 spiro atoms. The van der Waals surface area contributed by atoms with Crippen LogP contribution in [0.4, 0.5) is 0 Å². The lowest BCUT2D eigenvalue weighted by Gasteiger charge is -2.15. The first-order valence-corrected chi connectivity index (χ1v) is 10.6. The summed E-state index contributed by atoms with van der Waals surface area (Å²) in [6.07, 6.45) is 1.66. The van der Waals surface area contributed by atoms with Crippen molar-refractivity contribution >= 4 is 17.1 Å². The van der Waals surface area contributed by atoms with Crippen molar-refractivity contribution in [2.75, 3.05) is 6.61 Å². The maximum absolute atomic E-state index is 13.3. The Kier molecular flexibility index (Phi) is 6.31. The Hall–Kier alpha value is -3.93. The predicted octanol–water partition coefficient (Wildman–Crippen LogP) is 5.13. The molecule has 0 N–H and O–H groups in total. The quantitative estimate of drug-likeness (QED) is 0.384. The molecule has 0 bridgehead atoms. The van der Waals surface area contributed by atoms with Crippen LogP contribution in [-0.2, 0) is 0 Å². The SMILES string of the molecule is CCOc1cc(C=Nn2c(-c3ccccc3)nc3ccccc3c2=O)ccc1OC(C)C. The third-order valence-electron chi connectivity index (χ3n) is 4.74. The van der Waals surface area contributed by atoms with Gasteiger partial charge >= 0.3 is 0 Å². The molecule has 32 heavy (non-hydrogen) atoms. The Balaban J connectivity index is 1.81. The number of hydrogen-bond acceptors (Lipinski definition) is 5. The highest BCUT2D eigenvalue weighted by Crippen LogP contribution is 2.29. The molecule has 0 fully saturated rings. The first-order chi connectivity index (χ1) is 15.6. The zero-order chi connectivity index (χ0) is 22.5. The number of benzene rings is 3. The van der Waals surface area contributed by atoms with E-state index in [0.717, 1.165) is 11.1 Å². The second-order valence-corrected chi connectivity index (χ2v) is 7.49. The van der Waals surface area contributed by atoms with Crippen molar-refractivity contribution in [1.29, 1.82) is 0 Å². The van der Waals surface area contributed by atoms with E-state index in [-0.39, 0.29) is 11.7 Å². The van der Waals surface area contributed by atoms with Crippen molar-refractivity contribution in [2.24, 2.45) is 5.10 Å². The van der Waals surface area contributed by atoms with E-state index in [2.05, 4.69) is 5.10 Å². The van der Waals surface area contributed by atoms with Crippen LogP contribution < -0.4 is 15.0 Å². The average molecular weight is 428 g/mol. The van der Waals surface area contributed by atoms with Crippen molar-refractivity contribution in [1.82, 2.24) is 9.66 Å². The molecule has 1 heterocycles. The molecule has 4 aromatic rings. The van der Waals surface area contributed by atoms with Crippen LogP contribution in [0, 0.1) is 0 Å². The van der Waals surface area contributed by atoms with Gasteiger partial charge in [-0.25, -0.2) is 4.98 Å². The first-order valence-electron chi connectivity index (χ1n) is 10.6. The van der Waals surface area contributed by atoms with Gasteiger partial charge in [-0.05, 0) is 56.7 Å². The minimum Gasteiger partial charge on any atom is -0.490 e. The highest BCUT2D eigenvalue weighted by Gasteiger charge is 2.12. The van der Waals surface area contributed by atoms with E-state index in [1.165, 1.54) is 4.68 Å². The van der Waals surface area contributed by atoms with E-state index < -0.39 is 0 Å². The molecule has 4 rings (SSSR count). The fraction of sp³-hybridized carbons (Fsp3) is 0.192. The molecule has 6 nitrogen and oxygen atoms in total. The lowest BCUT2D eigenvalue weighted by molar-refractivity contribution is 0.224. The van der Waals surface area contributed by atoms with Gasteiger partial charge in [0.05, 0.1) is 29.8 Å². The largest absolute Gasteiger partial charge is 0.490 e. The van der Waals surface area contributed by atoms with Gasteiger partial charge in [-0.1, -0.05) is 42.5 Å². The van der Waals surface area contributed by atoms with Gasteiger partial charge in [0.1, 0.15) is 0 Å². The van der Waals surface area contributed by atoms with Gasteiger partial charge in [0, 0.05) is 5.56 Å². The molecule has 0 saturated heterocycles. The summed E-state index contributed by atoms with van der Waals surface area (Å²) in [5.74, 6) is 1.79. The molecule has 0 saturated carbocycles. The Morgan fingerprint density at radius 1 is 1.00 bits per heavy atom. The third-order valence-corrected chi connectivity index (χ3v) is 4.74. The molecule has 0 amide bonds. The number of aromatic nitrogens is 2. The summed E-state index contributed by atoms with van der Waals surface area (Å²) in [6, 6.07) is 22.4. The third kappa shape index (κ3) is 4.54. The fourth-order valence-electron chi connectivity index (χ4n) is 3.35. The van der Waals surface area contributed by atoms with E-state index in [9.17, 15) is 4.79 Å². The zero-order valence-corrected chi connectivity index (χ0v) is 18.4. The van der Waals surface area contributed by atoms with Gasteiger partial charge in [0.25, 0.3) is 5.56 Å². The van der Waals surface area contributed by atoms with E-state index in [4.69, 9.17) is 14.5 Å². The van der Waals surface area contributed by atoms with Crippen molar-refractivity contribution < 1.29 is 9.47 Å². The van der Waals surface area contributed by atoms with Gasteiger partial charge in [-0.3, -0.25) is 4.79 Å². The Labute approximate surface area is 186 Å². The van der Waals surface area contributed by atoms with Crippen LogP contribution in [0.3, 0.4) is 0 Å². The maximum atomic E-state index is 13.3. The summed E-state index contributed by atoms with van der Waals surface area (Å²) < 4.78 is 12.9. The van der Waals surface area contributed by atoms with Gasteiger partial charge in [0.15, 0.2) is 17.3 Å². The highest BCUT2D eigenvalue weighted by atomic mass is 16.5. The van der Waals surface area contributed by atoms with Crippen LogP contribution in [0.2, 0.25) is 0 Å². The Bertz CT molecular complexity index is 1310. The van der Waals surface area contributed by atoms with Crippen LogP contribution in [-0.4, -0.2) is 28.6 Å². The molecule has 0 unspecified atom stereocenters.